The van der Waals surface area contributed by atoms with Crippen molar-refractivity contribution in [1.29, 1.82) is 0 Å². The van der Waals surface area contributed by atoms with E-state index in [0.29, 0.717) is 5.56 Å². The number of benzene rings is 1. The lowest BCUT2D eigenvalue weighted by atomic mass is 10.2. The molecule has 0 N–H and O–H groups in total. The van der Waals surface area contributed by atoms with Gasteiger partial charge in [0.25, 0.3) is 0 Å². The molecule has 4 nitrogen and oxygen atoms in total. The Kier molecular flexibility index (Phi) is 5.60. The van der Waals surface area contributed by atoms with Crippen LogP contribution in [-0.4, -0.2) is 55.6 Å². The molecule has 2 aromatic rings. The molecule has 1 aromatic carbocycles. The van der Waals surface area contributed by atoms with Crippen LogP contribution in [-0.2, 0) is 16.1 Å². The van der Waals surface area contributed by atoms with Gasteiger partial charge in [-0.3, -0.25) is 9.69 Å². The molecule has 0 spiro atoms. The Hall–Kier alpha value is -1.76. The van der Waals surface area contributed by atoms with Crippen LogP contribution < -0.4 is 0 Å². The summed E-state index contributed by atoms with van der Waals surface area (Å²) in [6, 6.07) is 10.9. The maximum atomic E-state index is 13.9. The highest BCUT2D eigenvalue weighted by Gasteiger charge is 2.21. The van der Waals surface area contributed by atoms with Crippen LogP contribution in [0, 0.1) is 5.82 Å². The van der Waals surface area contributed by atoms with Gasteiger partial charge in [-0.25, -0.2) is 4.39 Å². The molecule has 0 atom stereocenters. The smallest absolute Gasteiger partial charge is 0.248 e. The highest BCUT2D eigenvalue weighted by Crippen LogP contribution is 2.30. The van der Waals surface area contributed by atoms with E-state index in [-0.39, 0.29) is 18.3 Å². The number of hydrogen-bond acceptors (Lipinski definition) is 4. The molecule has 1 saturated heterocycles. The summed E-state index contributed by atoms with van der Waals surface area (Å²) >= 11 is 1.63. The number of methoxy groups -OCH3 is 1. The molecular formula is C18H21FN2O2S. The number of rotatable bonds is 5. The molecule has 3 rings (SSSR count). The second-order valence-electron chi connectivity index (χ2n) is 5.84. The molecule has 1 aliphatic rings. The van der Waals surface area contributed by atoms with Crippen molar-refractivity contribution < 1.29 is 13.9 Å². The summed E-state index contributed by atoms with van der Waals surface area (Å²) in [7, 11) is 1.54. The quantitative estimate of drug-likeness (QED) is 0.833. The van der Waals surface area contributed by atoms with Crippen LogP contribution in [0.4, 0.5) is 4.39 Å². The van der Waals surface area contributed by atoms with E-state index in [9.17, 15) is 9.18 Å². The van der Waals surface area contributed by atoms with Crippen LogP contribution in [0.2, 0.25) is 0 Å². The van der Waals surface area contributed by atoms with E-state index in [1.54, 1.807) is 17.4 Å². The Morgan fingerprint density at radius 2 is 1.92 bits per heavy atom. The van der Waals surface area contributed by atoms with E-state index in [2.05, 4.69) is 11.0 Å². The molecule has 0 radical (unpaired) electrons. The summed E-state index contributed by atoms with van der Waals surface area (Å²) in [5.41, 5.74) is 0.656. The molecule has 2 heterocycles. The molecule has 24 heavy (non-hydrogen) atoms. The molecule has 128 valence electrons. The van der Waals surface area contributed by atoms with Crippen LogP contribution in [0.5, 0.6) is 0 Å². The van der Waals surface area contributed by atoms with E-state index in [1.165, 1.54) is 18.1 Å². The Morgan fingerprint density at radius 3 is 2.62 bits per heavy atom. The van der Waals surface area contributed by atoms with E-state index in [0.717, 1.165) is 37.6 Å². The van der Waals surface area contributed by atoms with Crippen molar-refractivity contribution in [1.82, 2.24) is 9.80 Å². The summed E-state index contributed by atoms with van der Waals surface area (Å²) in [5.74, 6) is -0.133. The Labute approximate surface area is 145 Å². The van der Waals surface area contributed by atoms with E-state index < -0.39 is 0 Å². The van der Waals surface area contributed by atoms with Gasteiger partial charge in [0.2, 0.25) is 5.91 Å². The number of amides is 1. The predicted octanol–water partition coefficient (Wildman–Crippen LogP) is 2.84. The molecule has 1 amide bonds. The number of piperazine rings is 1. The zero-order valence-electron chi connectivity index (χ0n) is 13.7. The van der Waals surface area contributed by atoms with E-state index in [1.807, 2.05) is 23.1 Å². The Bertz CT molecular complexity index is 696. The first-order valence-corrected chi connectivity index (χ1v) is 8.81. The Morgan fingerprint density at radius 1 is 1.17 bits per heavy atom. The van der Waals surface area contributed by atoms with Gasteiger partial charge in [-0.1, -0.05) is 18.2 Å². The van der Waals surface area contributed by atoms with Crippen molar-refractivity contribution in [2.45, 2.75) is 6.54 Å². The summed E-state index contributed by atoms with van der Waals surface area (Å²) < 4.78 is 18.8. The van der Waals surface area contributed by atoms with Crippen molar-refractivity contribution in [2.75, 3.05) is 39.9 Å². The molecule has 0 aliphatic carbocycles. The lowest BCUT2D eigenvalue weighted by molar-refractivity contribution is -0.136. The van der Waals surface area contributed by atoms with Crippen molar-refractivity contribution >= 4 is 17.2 Å². The molecule has 6 heteroatoms. The third-order valence-electron chi connectivity index (χ3n) is 4.17. The maximum absolute atomic E-state index is 13.9. The fraction of sp³-hybridized carbons (Fsp3) is 0.389. The first-order valence-electron chi connectivity index (χ1n) is 8.00. The maximum Gasteiger partial charge on any atom is 0.248 e. The van der Waals surface area contributed by atoms with Gasteiger partial charge < -0.3 is 9.64 Å². The second-order valence-corrected chi connectivity index (χ2v) is 7.00. The van der Waals surface area contributed by atoms with Gasteiger partial charge in [0, 0.05) is 55.2 Å². The van der Waals surface area contributed by atoms with Gasteiger partial charge in [-0.05, 0) is 18.2 Å². The lowest BCUT2D eigenvalue weighted by Crippen LogP contribution is -2.49. The fourth-order valence-electron chi connectivity index (χ4n) is 2.86. The number of hydrogen-bond donors (Lipinski definition) is 0. The monoisotopic (exact) mass is 348 g/mol. The number of carbonyl (C=O) groups excluding carboxylic acids is 1. The predicted molar refractivity (Wildman–Crippen MR) is 93.4 cm³/mol. The number of ether oxygens (including phenoxy) is 1. The largest absolute Gasteiger partial charge is 0.375 e. The van der Waals surface area contributed by atoms with Gasteiger partial charge in [0.15, 0.2) is 0 Å². The van der Waals surface area contributed by atoms with Crippen LogP contribution in [0.15, 0.2) is 36.4 Å². The van der Waals surface area contributed by atoms with Crippen LogP contribution in [0.1, 0.15) is 4.88 Å². The van der Waals surface area contributed by atoms with Gasteiger partial charge in [0.1, 0.15) is 12.4 Å². The summed E-state index contributed by atoms with van der Waals surface area (Å²) in [6.07, 6.45) is 0. The van der Waals surface area contributed by atoms with Crippen molar-refractivity contribution in [3.8, 4) is 10.4 Å². The zero-order chi connectivity index (χ0) is 16.9. The van der Waals surface area contributed by atoms with Crippen molar-refractivity contribution in [3.05, 3.63) is 47.1 Å². The van der Waals surface area contributed by atoms with E-state index in [4.69, 9.17) is 4.74 Å². The lowest BCUT2D eigenvalue weighted by Gasteiger charge is -2.34. The topological polar surface area (TPSA) is 32.8 Å². The first-order chi connectivity index (χ1) is 11.7. The minimum absolute atomic E-state index is 0.0510. The van der Waals surface area contributed by atoms with Gasteiger partial charge >= 0.3 is 0 Å². The number of halogens is 1. The van der Waals surface area contributed by atoms with Gasteiger partial charge in [0.05, 0.1) is 0 Å². The number of nitrogens with zero attached hydrogens (tertiary/aromatic N) is 2. The highest BCUT2D eigenvalue weighted by molar-refractivity contribution is 7.15. The zero-order valence-corrected chi connectivity index (χ0v) is 14.5. The second kappa shape index (κ2) is 7.88. The molecule has 0 bridgehead atoms. The van der Waals surface area contributed by atoms with Crippen LogP contribution in [0.25, 0.3) is 10.4 Å². The van der Waals surface area contributed by atoms with Gasteiger partial charge in [-0.2, -0.15) is 0 Å². The van der Waals surface area contributed by atoms with Crippen LogP contribution in [0.3, 0.4) is 0 Å². The molecule has 0 saturated carbocycles. The average Bonchev–Trinajstić information content (AvgIpc) is 3.04. The number of carbonyl (C=O) groups is 1. The van der Waals surface area contributed by atoms with Crippen molar-refractivity contribution in [2.24, 2.45) is 0 Å². The average molecular weight is 348 g/mol. The highest BCUT2D eigenvalue weighted by atomic mass is 32.1. The number of thiophene rings is 1. The first kappa shape index (κ1) is 17.1. The summed E-state index contributed by atoms with van der Waals surface area (Å²) in [6.45, 7) is 4.15. The summed E-state index contributed by atoms with van der Waals surface area (Å²) in [5, 5.41) is 0. The summed E-state index contributed by atoms with van der Waals surface area (Å²) in [4.78, 5) is 18.1. The van der Waals surface area contributed by atoms with Crippen molar-refractivity contribution in [3.63, 3.8) is 0 Å². The Balaban J connectivity index is 1.57. The molecule has 1 aliphatic heterocycles. The molecule has 1 fully saturated rings. The minimum Gasteiger partial charge on any atom is -0.375 e. The van der Waals surface area contributed by atoms with Gasteiger partial charge in [-0.15, -0.1) is 11.3 Å². The minimum atomic E-state index is -0.184. The molecule has 1 aromatic heterocycles. The van der Waals surface area contributed by atoms with Crippen LogP contribution >= 0.6 is 11.3 Å². The molecule has 0 unspecified atom stereocenters. The fourth-order valence-corrected chi connectivity index (χ4v) is 3.94. The third kappa shape index (κ3) is 4.01. The van der Waals surface area contributed by atoms with E-state index >= 15 is 0 Å². The normalized spacial score (nSPS) is 15.7. The third-order valence-corrected chi connectivity index (χ3v) is 5.28. The molecular weight excluding hydrogens is 327 g/mol. The standard InChI is InChI=1S/C18H21FN2O2S/c1-23-13-18(22)21-10-8-20(9-11-21)12-14-6-7-17(24-14)15-4-2-3-5-16(15)19/h2-7H,8-13H2,1H3. The SMILES string of the molecule is COCC(=O)N1CCN(Cc2ccc(-c3ccccc3F)s2)CC1.